The summed E-state index contributed by atoms with van der Waals surface area (Å²) in [7, 11) is 0. The van der Waals surface area contributed by atoms with Gasteiger partial charge in [0.05, 0.1) is 6.04 Å². The number of nitrogens with zero attached hydrogens (tertiary/aromatic N) is 2. The molecule has 0 aromatic heterocycles. The number of hydrogen-bond donors (Lipinski definition) is 0. The van der Waals surface area contributed by atoms with Crippen molar-refractivity contribution in [2.24, 2.45) is 5.18 Å². The van der Waals surface area contributed by atoms with Crippen LogP contribution in [0.5, 0.6) is 0 Å². The molecule has 1 atom stereocenters. The zero-order valence-electron chi connectivity index (χ0n) is 10.2. The minimum atomic E-state index is -0.492. The first-order chi connectivity index (χ1) is 7.44. The van der Waals surface area contributed by atoms with Gasteiger partial charge in [0, 0.05) is 6.54 Å². The van der Waals surface area contributed by atoms with Crippen LogP contribution < -0.4 is 0 Å². The van der Waals surface area contributed by atoms with Crippen LogP contribution >= 0.6 is 0 Å². The number of likely N-dealkylation sites (tertiary alicyclic amines) is 1. The molecule has 1 rings (SSSR count). The molecular formula is C11H20N2O3. The van der Waals surface area contributed by atoms with Crippen LogP contribution in [0.25, 0.3) is 0 Å². The lowest BCUT2D eigenvalue weighted by Gasteiger charge is -2.35. The Morgan fingerprint density at radius 3 is 2.69 bits per heavy atom. The van der Waals surface area contributed by atoms with Crippen molar-refractivity contribution < 1.29 is 9.53 Å². The smallest absolute Gasteiger partial charge is 0.410 e. The molecule has 5 nitrogen and oxygen atoms in total. The lowest BCUT2D eigenvalue weighted by molar-refractivity contribution is 0.0109. The lowest BCUT2D eigenvalue weighted by atomic mass is 10.0. The van der Waals surface area contributed by atoms with E-state index < -0.39 is 5.60 Å². The Morgan fingerprint density at radius 1 is 1.44 bits per heavy atom. The quantitative estimate of drug-likeness (QED) is 0.682. The largest absolute Gasteiger partial charge is 0.444 e. The molecule has 0 unspecified atom stereocenters. The van der Waals surface area contributed by atoms with E-state index in [2.05, 4.69) is 5.18 Å². The maximum absolute atomic E-state index is 11.9. The molecule has 92 valence electrons. The van der Waals surface area contributed by atoms with E-state index in [0.717, 1.165) is 19.3 Å². The summed E-state index contributed by atoms with van der Waals surface area (Å²) in [5.41, 5.74) is -0.492. The molecule has 1 saturated heterocycles. The van der Waals surface area contributed by atoms with Gasteiger partial charge in [0.1, 0.15) is 12.1 Å². The van der Waals surface area contributed by atoms with Crippen LogP contribution in [-0.4, -0.2) is 35.7 Å². The molecule has 1 heterocycles. The van der Waals surface area contributed by atoms with Crippen molar-refractivity contribution in [1.82, 2.24) is 4.90 Å². The van der Waals surface area contributed by atoms with Crippen molar-refractivity contribution in [2.75, 3.05) is 13.1 Å². The normalized spacial score (nSPS) is 21.7. The van der Waals surface area contributed by atoms with Crippen molar-refractivity contribution in [1.29, 1.82) is 0 Å². The van der Waals surface area contributed by atoms with E-state index in [1.54, 1.807) is 4.90 Å². The molecule has 5 heteroatoms. The van der Waals surface area contributed by atoms with Crippen LogP contribution in [0.3, 0.4) is 0 Å². The van der Waals surface area contributed by atoms with Gasteiger partial charge in [-0.05, 0) is 40.0 Å². The van der Waals surface area contributed by atoms with Gasteiger partial charge in [-0.3, -0.25) is 0 Å². The monoisotopic (exact) mass is 228 g/mol. The van der Waals surface area contributed by atoms with E-state index in [-0.39, 0.29) is 18.7 Å². The third-order valence-electron chi connectivity index (χ3n) is 2.54. The number of carbonyl (C=O) groups is 1. The summed E-state index contributed by atoms with van der Waals surface area (Å²) in [6, 6.07) is -0.0823. The second kappa shape index (κ2) is 5.27. The average molecular weight is 228 g/mol. The highest BCUT2D eigenvalue weighted by atomic mass is 16.6. The molecule has 0 saturated carbocycles. The Labute approximate surface area is 96.1 Å². The van der Waals surface area contributed by atoms with Gasteiger partial charge in [-0.25, -0.2) is 4.79 Å². The number of amides is 1. The lowest BCUT2D eigenvalue weighted by Crippen LogP contribution is -2.47. The molecule has 0 radical (unpaired) electrons. The standard InChI is InChI=1S/C11H20N2O3/c1-11(2,3)16-10(14)13-7-5-4-6-9(13)8-12-15/h9H,4-8H2,1-3H3/t9-/m1/s1. The van der Waals surface area contributed by atoms with Crippen molar-refractivity contribution in [2.45, 2.75) is 51.7 Å². The van der Waals surface area contributed by atoms with E-state index in [1.807, 2.05) is 20.8 Å². The second-order valence-electron chi connectivity index (χ2n) is 5.14. The van der Waals surface area contributed by atoms with E-state index in [0.29, 0.717) is 6.54 Å². The summed E-state index contributed by atoms with van der Waals surface area (Å²) >= 11 is 0. The highest BCUT2D eigenvalue weighted by Gasteiger charge is 2.30. The summed E-state index contributed by atoms with van der Waals surface area (Å²) in [5, 5.41) is 2.89. The fraction of sp³-hybridized carbons (Fsp3) is 0.909. The first-order valence-corrected chi connectivity index (χ1v) is 5.73. The summed E-state index contributed by atoms with van der Waals surface area (Å²) < 4.78 is 5.30. The third-order valence-corrected chi connectivity index (χ3v) is 2.54. The molecule has 0 aromatic carbocycles. The number of ether oxygens (including phenoxy) is 1. The fourth-order valence-corrected chi connectivity index (χ4v) is 1.84. The second-order valence-corrected chi connectivity index (χ2v) is 5.14. The van der Waals surface area contributed by atoms with Crippen LogP contribution in [0.2, 0.25) is 0 Å². The molecule has 1 aliphatic heterocycles. The Bertz CT molecular complexity index is 260. The Morgan fingerprint density at radius 2 is 2.12 bits per heavy atom. The van der Waals surface area contributed by atoms with Gasteiger partial charge < -0.3 is 9.64 Å². The topological polar surface area (TPSA) is 59.0 Å². The highest BCUT2D eigenvalue weighted by molar-refractivity contribution is 5.68. The summed E-state index contributed by atoms with van der Waals surface area (Å²) in [4.78, 5) is 23.8. The van der Waals surface area contributed by atoms with E-state index in [9.17, 15) is 9.70 Å². The number of hydrogen-bond acceptors (Lipinski definition) is 4. The van der Waals surface area contributed by atoms with Crippen molar-refractivity contribution in [3.05, 3.63) is 4.91 Å². The van der Waals surface area contributed by atoms with E-state index >= 15 is 0 Å². The highest BCUT2D eigenvalue weighted by Crippen LogP contribution is 2.20. The van der Waals surface area contributed by atoms with Gasteiger partial charge in [-0.2, -0.15) is 4.91 Å². The van der Waals surface area contributed by atoms with Crippen LogP contribution in [0.15, 0.2) is 5.18 Å². The molecule has 1 aliphatic rings. The molecule has 0 bridgehead atoms. The van der Waals surface area contributed by atoms with Gasteiger partial charge in [-0.15, -0.1) is 0 Å². The van der Waals surface area contributed by atoms with Gasteiger partial charge in [-0.1, -0.05) is 5.18 Å². The molecule has 16 heavy (non-hydrogen) atoms. The number of nitroso groups, excluding NO2 is 1. The number of piperidine rings is 1. The van der Waals surface area contributed by atoms with Crippen LogP contribution in [0.1, 0.15) is 40.0 Å². The summed E-state index contributed by atoms with van der Waals surface area (Å²) in [6.07, 6.45) is 2.51. The van der Waals surface area contributed by atoms with Crippen LogP contribution in [0, 0.1) is 4.91 Å². The predicted molar refractivity (Wildman–Crippen MR) is 61.2 cm³/mol. The van der Waals surface area contributed by atoms with Gasteiger partial charge in [0.15, 0.2) is 0 Å². The fourth-order valence-electron chi connectivity index (χ4n) is 1.84. The van der Waals surface area contributed by atoms with Gasteiger partial charge in [0.2, 0.25) is 0 Å². The number of rotatable bonds is 2. The van der Waals surface area contributed by atoms with Crippen LogP contribution in [0.4, 0.5) is 4.79 Å². The van der Waals surface area contributed by atoms with Gasteiger partial charge >= 0.3 is 6.09 Å². The molecule has 0 spiro atoms. The molecule has 1 amide bonds. The SMILES string of the molecule is CC(C)(C)OC(=O)N1CCCC[C@@H]1CN=O. The van der Waals surface area contributed by atoms with Crippen molar-refractivity contribution >= 4 is 6.09 Å². The summed E-state index contributed by atoms with van der Waals surface area (Å²) in [6.45, 7) is 6.33. The zero-order chi connectivity index (χ0) is 12.2. The Hall–Kier alpha value is -1.13. The zero-order valence-corrected chi connectivity index (χ0v) is 10.2. The first-order valence-electron chi connectivity index (χ1n) is 5.73. The maximum atomic E-state index is 11.9. The van der Waals surface area contributed by atoms with Crippen LogP contribution in [-0.2, 0) is 4.74 Å². The molecule has 1 fully saturated rings. The van der Waals surface area contributed by atoms with Crippen molar-refractivity contribution in [3.8, 4) is 0 Å². The average Bonchev–Trinajstić information content (AvgIpc) is 2.16. The van der Waals surface area contributed by atoms with Gasteiger partial charge in [0.25, 0.3) is 0 Å². The van der Waals surface area contributed by atoms with E-state index in [4.69, 9.17) is 4.74 Å². The molecule has 0 aromatic rings. The molecule has 0 N–H and O–H groups in total. The number of carbonyl (C=O) groups excluding carboxylic acids is 1. The maximum Gasteiger partial charge on any atom is 0.410 e. The minimum Gasteiger partial charge on any atom is -0.444 e. The Balaban J connectivity index is 2.60. The van der Waals surface area contributed by atoms with Crippen molar-refractivity contribution in [3.63, 3.8) is 0 Å². The third kappa shape index (κ3) is 3.79. The predicted octanol–water partition coefficient (Wildman–Crippen LogP) is 2.54. The van der Waals surface area contributed by atoms with E-state index in [1.165, 1.54) is 0 Å². The molecular weight excluding hydrogens is 208 g/mol. The minimum absolute atomic E-state index is 0.0823. The Kier molecular flexibility index (Phi) is 4.26. The summed E-state index contributed by atoms with van der Waals surface area (Å²) in [5.74, 6) is 0. The molecule has 0 aliphatic carbocycles. The first kappa shape index (κ1) is 12.9.